The normalized spacial score (nSPS) is 19.5. The standard InChI is InChI=1S/C35H40FNO6/c1-5-22-14-21(3)15-23(6-2)27(22)9-7-8-25(38)18-37-19-29(28-16-31-32(17-30(28)36)43-20-42-31)33(35(39)40)34(37)24-10-12-26(41-4)13-11-24/h10-17,29,33-34H,5-9,18-20H2,1-4H3,(H,39,40)/t29-,33-,34+/m1/s1. The van der Waals surface area contributed by atoms with Crippen LogP contribution in [0.4, 0.5) is 4.39 Å². The minimum atomic E-state index is -1.05. The van der Waals surface area contributed by atoms with Gasteiger partial charge in [0.05, 0.1) is 19.6 Å². The Bertz CT molecular complexity index is 1460. The molecular formula is C35H40FNO6. The van der Waals surface area contributed by atoms with E-state index in [2.05, 4.69) is 32.9 Å². The number of ether oxygens (including phenoxy) is 3. The molecule has 0 bridgehead atoms. The molecule has 0 aliphatic carbocycles. The number of methoxy groups -OCH3 is 1. The topological polar surface area (TPSA) is 85.3 Å². The molecule has 43 heavy (non-hydrogen) atoms. The largest absolute Gasteiger partial charge is 0.497 e. The number of ketones is 1. The number of hydrogen-bond acceptors (Lipinski definition) is 6. The number of carboxylic acids is 1. The Morgan fingerprint density at radius 3 is 2.28 bits per heavy atom. The van der Waals surface area contributed by atoms with Gasteiger partial charge >= 0.3 is 5.97 Å². The van der Waals surface area contributed by atoms with Gasteiger partial charge in [0, 0.05) is 31.0 Å². The van der Waals surface area contributed by atoms with E-state index in [0.29, 0.717) is 30.1 Å². The third-order valence-electron chi connectivity index (χ3n) is 8.83. The van der Waals surface area contributed by atoms with Crippen molar-refractivity contribution in [3.05, 3.63) is 87.7 Å². The highest BCUT2D eigenvalue weighted by molar-refractivity contribution is 5.81. The predicted molar refractivity (Wildman–Crippen MR) is 162 cm³/mol. The van der Waals surface area contributed by atoms with E-state index in [0.717, 1.165) is 24.8 Å². The zero-order valence-electron chi connectivity index (χ0n) is 25.3. The lowest BCUT2D eigenvalue weighted by Gasteiger charge is -2.27. The van der Waals surface area contributed by atoms with Crippen LogP contribution in [-0.2, 0) is 28.9 Å². The molecule has 2 aliphatic heterocycles. The van der Waals surface area contributed by atoms with E-state index in [9.17, 15) is 14.7 Å². The lowest BCUT2D eigenvalue weighted by Crippen LogP contribution is -2.32. The SMILES string of the molecule is CCc1cc(C)cc(CC)c1CCCC(=O)CN1C[C@H](c2cc3c(cc2F)OCO3)[C@@H](C(=O)O)[C@@H]1c1ccc(OC)cc1. The van der Waals surface area contributed by atoms with Crippen LogP contribution in [-0.4, -0.2) is 48.8 Å². The molecule has 2 aliphatic rings. The minimum Gasteiger partial charge on any atom is -0.497 e. The van der Waals surface area contributed by atoms with Crippen molar-refractivity contribution in [2.24, 2.45) is 5.92 Å². The molecule has 3 aromatic carbocycles. The molecule has 7 nitrogen and oxygen atoms in total. The number of Topliss-reactive ketones (excluding diaryl/α,β-unsaturated/α-hetero) is 1. The predicted octanol–water partition coefficient (Wildman–Crippen LogP) is 6.43. The van der Waals surface area contributed by atoms with Crippen LogP contribution in [0.2, 0.25) is 0 Å². The second kappa shape index (κ2) is 13.2. The number of halogens is 1. The van der Waals surface area contributed by atoms with Crippen LogP contribution in [0.25, 0.3) is 0 Å². The van der Waals surface area contributed by atoms with Gasteiger partial charge in [0.15, 0.2) is 11.5 Å². The summed E-state index contributed by atoms with van der Waals surface area (Å²) in [5.41, 5.74) is 6.26. The van der Waals surface area contributed by atoms with Crippen molar-refractivity contribution in [1.29, 1.82) is 0 Å². The molecule has 1 fully saturated rings. The third-order valence-corrected chi connectivity index (χ3v) is 8.83. The monoisotopic (exact) mass is 589 g/mol. The Hall–Kier alpha value is -3.91. The van der Waals surface area contributed by atoms with E-state index in [1.807, 2.05) is 17.0 Å². The Morgan fingerprint density at radius 2 is 1.67 bits per heavy atom. The van der Waals surface area contributed by atoms with Gasteiger partial charge < -0.3 is 19.3 Å². The summed E-state index contributed by atoms with van der Waals surface area (Å²) in [5, 5.41) is 10.5. The summed E-state index contributed by atoms with van der Waals surface area (Å²) in [5.74, 6) is -1.89. The van der Waals surface area contributed by atoms with Crippen LogP contribution in [0.3, 0.4) is 0 Å². The van der Waals surface area contributed by atoms with Crippen molar-refractivity contribution >= 4 is 11.8 Å². The molecule has 1 saturated heterocycles. The zero-order valence-corrected chi connectivity index (χ0v) is 25.3. The average molecular weight is 590 g/mol. The number of carbonyl (C=O) groups excluding carboxylic acids is 1. The van der Waals surface area contributed by atoms with Gasteiger partial charge in [-0.1, -0.05) is 43.7 Å². The summed E-state index contributed by atoms with van der Waals surface area (Å²) in [7, 11) is 1.57. The number of carbonyl (C=O) groups is 2. The van der Waals surface area contributed by atoms with Crippen LogP contribution in [0.1, 0.15) is 72.0 Å². The molecule has 0 amide bonds. The van der Waals surface area contributed by atoms with Crippen LogP contribution >= 0.6 is 0 Å². The maximum absolute atomic E-state index is 15.4. The number of likely N-dealkylation sites (tertiary alicyclic amines) is 1. The van der Waals surface area contributed by atoms with Gasteiger partial charge in [0.25, 0.3) is 0 Å². The van der Waals surface area contributed by atoms with Crippen molar-refractivity contribution in [2.45, 2.75) is 64.8 Å². The molecule has 5 rings (SSSR count). The number of aliphatic carboxylic acids is 1. The first-order chi connectivity index (χ1) is 20.7. The molecule has 0 saturated carbocycles. The molecule has 8 heteroatoms. The highest BCUT2D eigenvalue weighted by Crippen LogP contribution is 2.48. The number of nitrogens with zero attached hydrogens (tertiary/aromatic N) is 1. The Balaban J connectivity index is 1.39. The van der Waals surface area contributed by atoms with E-state index < -0.39 is 29.7 Å². The van der Waals surface area contributed by atoms with E-state index in [-0.39, 0.29) is 31.2 Å². The molecule has 2 heterocycles. The number of benzene rings is 3. The number of carboxylic acid groups (broad SMARTS) is 1. The minimum absolute atomic E-state index is 0.0115. The summed E-state index contributed by atoms with van der Waals surface area (Å²) in [6.07, 6.45) is 3.81. The van der Waals surface area contributed by atoms with Crippen LogP contribution in [0.5, 0.6) is 17.2 Å². The van der Waals surface area contributed by atoms with Crippen molar-refractivity contribution in [1.82, 2.24) is 4.90 Å². The quantitative estimate of drug-likeness (QED) is 0.261. The van der Waals surface area contributed by atoms with E-state index in [1.54, 1.807) is 25.3 Å². The molecule has 228 valence electrons. The van der Waals surface area contributed by atoms with Crippen LogP contribution in [0, 0.1) is 18.7 Å². The lowest BCUT2D eigenvalue weighted by molar-refractivity contribution is -0.143. The summed E-state index contributed by atoms with van der Waals surface area (Å²) in [4.78, 5) is 28.2. The first-order valence-corrected chi connectivity index (χ1v) is 15.1. The van der Waals surface area contributed by atoms with Gasteiger partial charge in [-0.25, -0.2) is 4.39 Å². The van der Waals surface area contributed by atoms with E-state index in [1.165, 1.54) is 28.3 Å². The first kappa shape index (κ1) is 30.5. The number of hydrogen-bond donors (Lipinski definition) is 1. The smallest absolute Gasteiger partial charge is 0.309 e. The highest BCUT2D eigenvalue weighted by atomic mass is 19.1. The van der Waals surface area contributed by atoms with Gasteiger partial charge in [0.2, 0.25) is 6.79 Å². The number of fused-ring (bicyclic) bond motifs is 1. The van der Waals surface area contributed by atoms with Crippen LogP contribution < -0.4 is 14.2 Å². The molecule has 0 aromatic heterocycles. The number of rotatable bonds is 12. The zero-order chi connectivity index (χ0) is 30.7. The number of aryl methyl sites for hydroxylation is 3. The lowest BCUT2D eigenvalue weighted by atomic mass is 9.82. The van der Waals surface area contributed by atoms with Crippen molar-refractivity contribution in [2.75, 3.05) is 27.0 Å². The van der Waals surface area contributed by atoms with Crippen LogP contribution in [0.15, 0.2) is 48.5 Å². The maximum Gasteiger partial charge on any atom is 0.309 e. The highest BCUT2D eigenvalue weighted by Gasteiger charge is 2.48. The second-order valence-corrected chi connectivity index (χ2v) is 11.5. The molecule has 0 radical (unpaired) electrons. The van der Waals surface area contributed by atoms with Gasteiger partial charge in [-0.15, -0.1) is 0 Å². The molecular weight excluding hydrogens is 549 g/mol. The summed E-state index contributed by atoms with van der Waals surface area (Å²) in [6, 6.07) is 13.9. The first-order valence-electron chi connectivity index (χ1n) is 15.1. The summed E-state index contributed by atoms with van der Waals surface area (Å²) < 4.78 is 31.5. The molecule has 0 spiro atoms. The van der Waals surface area contributed by atoms with E-state index in [4.69, 9.17) is 14.2 Å². The Kier molecular flexibility index (Phi) is 9.35. The Morgan fingerprint density at radius 1 is 1.02 bits per heavy atom. The van der Waals surface area contributed by atoms with Gasteiger partial charge in [-0.3, -0.25) is 14.5 Å². The second-order valence-electron chi connectivity index (χ2n) is 11.5. The van der Waals surface area contributed by atoms with Gasteiger partial charge in [-0.2, -0.15) is 0 Å². The fraction of sp³-hybridized carbons (Fsp3) is 0.429. The molecule has 1 N–H and O–H groups in total. The van der Waals surface area contributed by atoms with Crippen molar-refractivity contribution < 1.29 is 33.3 Å². The van der Waals surface area contributed by atoms with Gasteiger partial charge in [-0.05, 0) is 78.6 Å². The maximum atomic E-state index is 15.4. The fourth-order valence-electron chi connectivity index (χ4n) is 6.82. The average Bonchev–Trinajstić information content (AvgIpc) is 3.61. The third kappa shape index (κ3) is 6.39. The van der Waals surface area contributed by atoms with E-state index >= 15 is 4.39 Å². The van der Waals surface area contributed by atoms with Crippen molar-refractivity contribution in [3.63, 3.8) is 0 Å². The molecule has 3 atom stereocenters. The molecule has 3 aromatic rings. The van der Waals surface area contributed by atoms with Crippen molar-refractivity contribution in [3.8, 4) is 17.2 Å². The Labute approximate surface area is 252 Å². The van der Waals surface area contributed by atoms with Gasteiger partial charge in [0.1, 0.15) is 17.3 Å². The summed E-state index contributed by atoms with van der Waals surface area (Å²) in [6.45, 7) is 6.73. The fourth-order valence-corrected chi connectivity index (χ4v) is 6.82. The summed E-state index contributed by atoms with van der Waals surface area (Å²) >= 11 is 0. The molecule has 0 unspecified atom stereocenters.